The number of rotatable bonds is 2. The summed E-state index contributed by atoms with van der Waals surface area (Å²) in [7, 11) is 0. The summed E-state index contributed by atoms with van der Waals surface area (Å²) in [4.78, 5) is 19.3. The Bertz CT molecular complexity index is 736. The highest BCUT2D eigenvalue weighted by molar-refractivity contribution is 9.10. The van der Waals surface area contributed by atoms with E-state index in [1.807, 2.05) is 19.1 Å². The Morgan fingerprint density at radius 1 is 1.43 bits per heavy atom. The third-order valence-corrected chi connectivity index (χ3v) is 4.45. The molecular formula is C15H15BrN2O3. The maximum atomic E-state index is 12.4. The third-order valence-electron chi connectivity index (χ3n) is 3.76. The van der Waals surface area contributed by atoms with Gasteiger partial charge in [0.2, 0.25) is 5.88 Å². The molecule has 2 aromatic rings. The van der Waals surface area contributed by atoms with Crippen LogP contribution in [0, 0.1) is 0 Å². The van der Waals surface area contributed by atoms with Crippen LogP contribution in [0.1, 0.15) is 25.6 Å². The normalized spacial score (nSPS) is 21.6. The summed E-state index contributed by atoms with van der Waals surface area (Å²) in [5.74, 6) is 0.0932. The first kappa shape index (κ1) is 14.3. The fourth-order valence-corrected chi connectivity index (χ4v) is 3.07. The van der Waals surface area contributed by atoms with Crippen molar-refractivity contribution in [1.29, 1.82) is 0 Å². The second-order valence-corrected chi connectivity index (χ2v) is 6.13. The van der Waals surface area contributed by atoms with Gasteiger partial charge in [0, 0.05) is 16.6 Å². The van der Waals surface area contributed by atoms with Crippen LogP contribution >= 0.6 is 15.9 Å². The van der Waals surface area contributed by atoms with Crippen LogP contribution in [0.15, 0.2) is 33.5 Å². The number of H-pyrrole nitrogens is 1. The first-order chi connectivity index (χ1) is 10.0. The van der Waals surface area contributed by atoms with Crippen molar-refractivity contribution in [3.63, 3.8) is 0 Å². The van der Waals surface area contributed by atoms with Gasteiger partial charge in [-0.05, 0) is 25.8 Å². The van der Waals surface area contributed by atoms with Crippen molar-refractivity contribution in [3.05, 3.63) is 44.9 Å². The minimum Gasteiger partial charge on any atom is -0.493 e. The van der Waals surface area contributed by atoms with Gasteiger partial charge in [-0.25, -0.2) is 0 Å². The summed E-state index contributed by atoms with van der Waals surface area (Å²) in [6.45, 7) is 2.50. The van der Waals surface area contributed by atoms with E-state index in [2.05, 4.69) is 25.9 Å². The number of nitrogens with one attached hydrogen (secondary N) is 1. The lowest BCUT2D eigenvalue weighted by Gasteiger charge is -2.22. The predicted molar refractivity (Wildman–Crippen MR) is 82.2 cm³/mol. The average molecular weight is 351 g/mol. The highest BCUT2D eigenvalue weighted by Crippen LogP contribution is 2.35. The van der Waals surface area contributed by atoms with Gasteiger partial charge in [0.25, 0.3) is 5.56 Å². The molecule has 2 N–H and O–H groups in total. The van der Waals surface area contributed by atoms with Crippen molar-refractivity contribution in [2.24, 2.45) is 0 Å². The number of hydrogen-bond donors (Lipinski definition) is 2. The van der Waals surface area contributed by atoms with Crippen LogP contribution in [0.3, 0.4) is 0 Å². The number of halogens is 1. The van der Waals surface area contributed by atoms with Crippen LogP contribution in [0.5, 0.6) is 5.88 Å². The van der Waals surface area contributed by atoms with Crippen LogP contribution in [-0.4, -0.2) is 21.7 Å². The van der Waals surface area contributed by atoms with Crippen molar-refractivity contribution in [2.45, 2.75) is 25.4 Å². The number of benzene rings is 1. The van der Waals surface area contributed by atoms with E-state index in [0.29, 0.717) is 18.0 Å². The molecule has 1 atom stereocenters. The molecule has 6 heteroatoms. The number of hydrogen-bond acceptors (Lipinski definition) is 4. The molecule has 1 aliphatic rings. The summed E-state index contributed by atoms with van der Waals surface area (Å²) in [5, 5.41) is 10.2. The maximum Gasteiger partial charge on any atom is 0.262 e. The summed E-state index contributed by atoms with van der Waals surface area (Å²) in [6, 6.07) is 7.20. The van der Waals surface area contributed by atoms with Gasteiger partial charge in [-0.2, -0.15) is 4.98 Å². The number of aromatic amines is 1. The zero-order valence-electron chi connectivity index (χ0n) is 11.5. The van der Waals surface area contributed by atoms with Crippen molar-refractivity contribution < 1.29 is 9.84 Å². The Balaban J connectivity index is 2.14. The van der Waals surface area contributed by atoms with E-state index in [4.69, 9.17) is 4.74 Å². The molecule has 1 aromatic heterocycles. The van der Waals surface area contributed by atoms with Gasteiger partial charge in [-0.3, -0.25) is 4.79 Å². The lowest BCUT2D eigenvalue weighted by Crippen LogP contribution is -2.27. The van der Waals surface area contributed by atoms with Crippen molar-refractivity contribution in [1.82, 2.24) is 9.97 Å². The Morgan fingerprint density at radius 3 is 2.81 bits per heavy atom. The zero-order valence-corrected chi connectivity index (χ0v) is 13.1. The molecular weight excluding hydrogens is 336 g/mol. The van der Waals surface area contributed by atoms with Gasteiger partial charge in [0.1, 0.15) is 17.0 Å². The first-order valence-electron chi connectivity index (χ1n) is 6.74. The highest BCUT2D eigenvalue weighted by Gasteiger charge is 2.35. The lowest BCUT2D eigenvalue weighted by molar-refractivity contribution is 0.00871. The molecule has 3 rings (SSSR count). The molecule has 1 aliphatic heterocycles. The fraction of sp³-hybridized carbons (Fsp3) is 0.333. The summed E-state index contributed by atoms with van der Waals surface area (Å²) in [5.41, 5.74) is -0.245. The molecule has 0 saturated carbocycles. The average Bonchev–Trinajstić information content (AvgIpc) is 2.88. The minimum absolute atomic E-state index is 0.160. The Labute approximate surface area is 130 Å². The number of nitrogens with zero attached hydrogens (tertiary/aromatic N) is 1. The van der Waals surface area contributed by atoms with E-state index < -0.39 is 5.60 Å². The Morgan fingerprint density at radius 2 is 2.19 bits per heavy atom. The molecule has 1 saturated heterocycles. The van der Waals surface area contributed by atoms with E-state index in [1.54, 1.807) is 12.1 Å². The number of aromatic hydroxyl groups is 1. The maximum absolute atomic E-state index is 12.4. The van der Waals surface area contributed by atoms with Crippen LogP contribution in [0.2, 0.25) is 0 Å². The molecule has 1 unspecified atom stereocenters. The van der Waals surface area contributed by atoms with Gasteiger partial charge >= 0.3 is 0 Å². The predicted octanol–water partition coefficient (Wildman–Crippen LogP) is 2.93. The standard InChI is InChI=1S/C15H15BrN2O3/c1-15(7-4-8-21-15)14-17-12(19)11(13(20)18-14)9-5-2-3-6-10(9)16/h2-3,5-6H,4,7-8H2,1H3,(H2,17,18,19,20). The monoisotopic (exact) mass is 350 g/mol. The molecule has 1 fully saturated rings. The van der Waals surface area contributed by atoms with Crippen LogP contribution in [0.25, 0.3) is 11.1 Å². The quantitative estimate of drug-likeness (QED) is 0.872. The molecule has 110 valence electrons. The van der Waals surface area contributed by atoms with Crippen LogP contribution in [-0.2, 0) is 10.3 Å². The highest BCUT2D eigenvalue weighted by atomic mass is 79.9. The Hall–Kier alpha value is -1.66. The minimum atomic E-state index is -0.636. The second-order valence-electron chi connectivity index (χ2n) is 5.28. The molecule has 0 aliphatic carbocycles. The molecule has 0 spiro atoms. The fourth-order valence-electron chi connectivity index (χ4n) is 2.58. The molecule has 21 heavy (non-hydrogen) atoms. The van der Waals surface area contributed by atoms with Gasteiger partial charge in [-0.1, -0.05) is 34.1 Å². The smallest absolute Gasteiger partial charge is 0.262 e. The molecule has 2 heterocycles. The van der Waals surface area contributed by atoms with E-state index in [1.165, 1.54) is 0 Å². The number of ether oxygens (including phenoxy) is 1. The van der Waals surface area contributed by atoms with E-state index in [9.17, 15) is 9.90 Å². The topological polar surface area (TPSA) is 75.2 Å². The van der Waals surface area contributed by atoms with Crippen molar-refractivity contribution in [2.75, 3.05) is 6.61 Å². The third kappa shape index (κ3) is 2.49. The zero-order chi connectivity index (χ0) is 15.0. The molecule has 0 bridgehead atoms. The largest absolute Gasteiger partial charge is 0.493 e. The van der Waals surface area contributed by atoms with Crippen LogP contribution < -0.4 is 5.56 Å². The van der Waals surface area contributed by atoms with Gasteiger partial charge in [-0.15, -0.1) is 0 Å². The van der Waals surface area contributed by atoms with Crippen molar-refractivity contribution >= 4 is 15.9 Å². The molecule has 0 radical (unpaired) electrons. The van der Waals surface area contributed by atoms with E-state index in [-0.39, 0.29) is 17.0 Å². The van der Waals surface area contributed by atoms with E-state index >= 15 is 0 Å². The van der Waals surface area contributed by atoms with E-state index in [0.717, 1.165) is 17.3 Å². The summed E-state index contributed by atoms with van der Waals surface area (Å²) < 4.78 is 6.38. The Kier molecular flexibility index (Phi) is 3.59. The van der Waals surface area contributed by atoms with Gasteiger partial charge < -0.3 is 14.8 Å². The molecule has 5 nitrogen and oxygen atoms in total. The SMILES string of the molecule is CC1(c2nc(O)c(-c3ccccc3Br)c(=O)[nH]2)CCCO1. The van der Waals surface area contributed by atoms with Gasteiger partial charge in [0.05, 0.1) is 0 Å². The van der Waals surface area contributed by atoms with Crippen molar-refractivity contribution in [3.8, 4) is 17.0 Å². The first-order valence-corrected chi connectivity index (χ1v) is 7.53. The number of aromatic nitrogens is 2. The molecule has 0 amide bonds. The van der Waals surface area contributed by atoms with Crippen LogP contribution in [0.4, 0.5) is 0 Å². The summed E-state index contributed by atoms with van der Waals surface area (Å²) >= 11 is 3.38. The van der Waals surface area contributed by atoms with Gasteiger partial charge in [0.15, 0.2) is 0 Å². The second kappa shape index (κ2) is 5.27. The molecule has 1 aromatic carbocycles. The summed E-state index contributed by atoms with van der Waals surface area (Å²) in [6.07, 6.45) is 1.68. The lowest BCUT2D eigenvalue weighted by atomic mass is 10.0.